The lowest BCUT2D eigenvalue weighted by Crippen LogP contribution is -2.32. The zero-order chi connectivity index (χ0) is 18.6. The molecule has 26 heavy (non-hydrogen) atoms. The topological polar surface area (TPSA) is 58.1 Å². The summed E-state index contributed by atoms with van der Waals surface area (Å²) in [4.78, 5) is 22.6. The van der Waals surface area contributed by atoms with Gasteiger partial charge in [-0.25, -0.2) is 9.97 Å². The third kappa shape index (κ3) is 4.50. The molecule has 1 fully saturated rings. The van der Waals surface area contributed by atoms with Crippen LogP contribution in [0.2, 0.25) is 0 Å². The molecule has 0 atom stereocenters. The number of nitrogens with one attached hydrogen (secondary N) is 1. The van der Waals surface area contributed by atoms with E-state index in [1.54, 1.807) is 11.0 Å². The molecule has 0 bridgehead atoms. The largest absolute Gasteiger partial charge is 0.416 e. The molecular formula is C18H19F3N4O. The van der Waals surface area contributed by atoms with Crippen molar-refractivity contribution in [3.05, 3.63) is 47.8 Å². The zero-order valence-electron chi connectivity index (χ0n) is 14.1. The number of carbonyl (C=O) groups excluding carboxylic acids is 1. The van der Waals surface area contributed by atoms with Crippen LogP contribution in [0.4, 0.5) is 24.8 Å². The van der Waals surface area contributed by atoms with Crippen molar-refractivity contribution < 1.29 is 18.0 Å². The first kappa shape index (κ1) is 18.2. The molecule has 2 heterocycles. The molecule has 0 radical (unpaired) electrons. The van der Waals surface area contributed by atoms with Crippen LogP contribution in [-0.4, -0.2) is 33.9 Å². The first-order chi connectivity index (χ1) is 12.4. The van der Waals surface area contributed by atoms with E-state index in [-0.39, 0.29) is 17.5 Å². The molecule has 1 aromatic carbocycles. The van der Waals surface area contributed by atoms with Crippen LogP contribution in [0.5, 0.6) is 0 Å². The van der Waals surface area contributed by atoms with Crippen LogP contribution in [0.15, 0.2) is 36.5 Å². The van der Waals surface area contributed by atoms with Crippen LogP contribution in [0.25, 0.3) is 0 Å². The fourth-order valence-corrected chi connectivity index (χ4v) is 2.85. The van der Waals surface area contributed by atoms with Crippen LogP contribution in [-0.2, 0) is 6.18 Å². The van der Waals surface area contributed by atoms with E-state index < -0.39 is 11.7 Å². The zero-order valence-corrected chi connectivity index (χ0v) is 14.1. The Morgan fingerprint density at radius 2 is 1.65 bits per heavy atom. The summed E-state index contributed by atoms with van der Waals surface area (Å²) in [6.07, 6.45) is 1.28. The third-order valence-electron chi connectivity index (χ3n) is 4.24. The van der Waals surface area contributed by atoms with Gasteiger partial charge >= 0.3 is 6.18 Å². The number of likely N-dealkylation sites (tertiary alicyclic amines) is 1. The summed E-state index contributed by atoms with van der Waals surface area (Å²) in [5, 5.41) is 2.83. The van der Waals surface area contributed by atoms with Gasteiger partial charge in [0.2, 0.25) is 5.95 Å². The lowest BCUT2D eigenvalue weighted by molar-refractivity contribution is -0.137. The lowest BCUT2D eigenvalue weighted by Gasteiger charge is -2.19. The summed E-state index contributed by atoms with van der Waals surface area (Å²) >= 11 is 0. The minimum Gasteiger partial charge on any atom is -0.337 e. The van der Waals surface area contributed by atoms with Gasteiger partial charge in [0.05, 0.1) is 5.56 Å². The molecule has 1 aromatic heterocycles. The maximum atomic E-state index is 12.6. The van der Waals surface area contributed by atoms with Crippen molar-refractivity contribution >= 4 is 17.5 Å². The second-order valence-electron chi connectivity index (χ2n) is 6.17. The molecule has 8 heteroatoms. The number of amides is 1. The van der Waals surface area contributed by atoms with Crippen molar-refractivity contribution in [1.82, 2.24) is 14.9 Å². The molecule has 138 valence electrons. The first-order valence-electron chi connectivity index (χ1n) is 8.50. The number of carbonyl (C=O) groups is 1. The number of anilines is 2. The predicted molar refractivity (Wildman–Crippen MR) is 91.1 cm³/mol. The van der Waals surface area contributed by atoms with E-state index >= 15 is 0 Å². The van der Waals surface area contributed by atoms with Crippen LogP contribution in [0, 0.1) is 0 Å². The highest BCUT2D eigenvalue weighted by atomic mass is 19.4. The predicted octanol–water partition coefficient (Wildman–Crippen LogP) is 4.26. The molecule has 1 amide bonds. The number of rotatable bonds is 3. The van der Waals surface area contributed by atoms with Crippen LogP contribution >= 0.6 is 0 Å². The average molecular weight is 364 g/mol. The van der Waals surface area contributed by atoms with E-state index in [1.807, 2.05) is 0 Å². The summed E-state index contributed by atoms with van der Waals surface area (Å²) in [7, 11) is 0. The van der Waals surface area contributed by atoms with Crippen LogP contribution in [0.1, 0.15) is 41.7 Å². The Bertz CT molecular complexity index is 754. The minimum atomic E-state index is -4.38. The Labute approximate surface area is 149 Å². The SMILES string of the molecule is O=C(c1ccnc(Nc2ccc(C(F)(F)F)cc2)n1)N1CCCCCC1. The molecule has 2 aromatic rings. The number of hydrogen-bond donors (Lipinski definition) is 1. The number of benzene rings is 1. The summed E-state index contributed by atoms with van der Waals surface area (Å²) in [5.41, 5.74) is -0.0391. The molecule has 1 aliphatic rings. The van der Waals surface area contributed by atoms with Gasteiger partial charge < -0.3 is 10.2 Å². The Balaban J connectivity index is 1.71. The maximum Gasteiger partial charge on any atom is 0.416 e. The Morgan fingerprint density at radius 1 is 1.00 bits per heavy atom. The van der Waals surface area contributed by atoms with E-state index in [1.165, 1.54) is 18.3 Å². The van der Waals surface area contributed by atoms with E-state index in [4.69, 9.17) is 0 Å². The molecule has 0 spiro atoms. The number of hydrogen-bond acceptors (Lipinski definition) is 4. The standard InChI is InChI=1S/C18H19F3N4O/c19-18(20,21)13-5-7-14(8-6-13)23-17-22-10-9-15(24-17)16(26)25-11-3-1-2-4-12-25/h5-10H,1-4,11-12H2,(H,22,23,24). The van der Waals surface area contributed by atoms with Crippen molar-refractivity contribution in [1.29, 1.82) is 0 Å². The monoisotopic (exact) mass is 364 g/mol. The molecule has 3 rings (SSSR count). The van der Waals surface area contributed by atoms with Gasteiger partial charge in [-0.05, 0) is 43.2 Å². The lowest BCUT2D eigenvalue weighted by atomic mass is 10.2. The second-order valence-corrected chi connectivity index (χ2v) is 6.17. The van der Waals surface area contributed by atoms with Crippen molar-refractivity contribution in [2.75, 3.05) is 18.4 Å². The molecule has 0 aliphatic carbocycles. The van der Waals surface area contributed by atoms with Gasteiger partial charge in [0.1, 0.15) is 5.69 Å². The summed E-state index contributed by atoms with van der Waals surface area (Å²) in [6, 6.07) is 6.11. The molecule has 1 saturated heterocycles. The molecule has 0 saturated carbocycles. The van der Waals surface area contributed by atoms with Crippen molar-refractivity contribution in [3.63, 3.8) is 0 Å². The molecule has 0 unspecified atom stereocenters. The van der Waals surface area contributed by atoms with Crippen molar-refractivity contribution in [2.45, 2.75) is 31.9 Å². The van der Waals surface area contributed by atoms with Crippen molar-refractivity contribution in [2.24, 2.45) is 0 Å². The Kier molecular flexibility index (Phi) is 5.39. The van der Waals surface area contributed by atoms with Gasteiger partial charge in [-0.1, -0.05) is 12.8 Å². The smallest absolute Gasteiger partial charge is 0.337 e. The van der Waals surface area contributed by atoms with E-state index in [2.05, 4.69) is 15.3 Å². The van der Waals surface area contributed by atoms with Gasteiger partial charge in [0.25, 0.3) is 5.91 Å². The van der Waals surface area contributed by atoms with E-state index in [0.29, 0.717) is 18.8 Å². The molecule has 1 N–H and O–H groups in total. The third-order valence-corrected chi connectivity index (χ3v) is 4.24. The fourth-order valence-electron chi connectivity index (χ4n) is 2.85. The minimum absolute atomic E-state index is 0.148. The normalized spacial score (nSPS) is 15.4. The van der Waals surface area contributed by atoms with Crippen LogP contribution < -0.4 is 5.32 Å². The van der Waals surface area contributed by atoms with Gasteiger partial charge in [-0.2, -0.15) is 13.2 Å². The fraction of sp³-hybridized carbons (Fsp3) is 0.389. The molecule has 5 nitrogen and oxygen atoms in total. The molecule has 1 aliphatic heterocycles. The molecular weight excluding hydrogens is 345 g/mol. The number of alkyl halides is 3. The highest BCUT2D eigenvalue weighted by molar-refractivity contribution is 5.92. The Hall–Kier alpha value is -2.64. The number of halogens is 3. The van der Waals surface area contributed by atoms with Gasteiger partial charge in [-0.3, -0.25) is 4.79 Å². The van der Waals surface area contributed by atoms with Crippen molar-refractivity contribution in [3.8, 4) is 0 Å². The summed E-state index contributed by atoms with van der Waals surface area (Å²) in [6.45, 7) is 1.43. The van der Waals surface area contributed by atoms with Gasteiger partial charge in [-0.15, -0.1) is 0 Å². The quantitative estimate of drug-likeness (QED) is 0.884. The average Bonchev–Trinajstić information content (AvgIpc) is 2.90. The maximum absolute atomic E-state index is 12.6. The first-order valence-corrected chi connectivity index (χ1v) is 8.50. The highest BCUT2D eigenvalue weighted by Crippen LogP contribution is 2.30. The van der Waals surface area contributed by atoms with Gasteiger partial charge in [0.15, 0.2) is 0 Å². The van der Waals surface area contributed by atoms with E-state index in [9.17, 15) is 18.0 Å². The summed E-state index contributed by atoms with van der Waals surface area (Å²) in [5.74, 6) is 0.0233. The van der Waals surface area contributed by atoms with Crippen LogP contribution in [0.3, 0.4) is 0 Å². The second kappa shape index (κ2) is 7.72. The number of nitrogens with zero attached hydrogens (tertiary/aromatic N) is 3. The summed E-state index contributed by atoms with van der Waals surface area (Å²) < 4.78 is 37.8. The van der Waals surface area contributed by atoms with Gasteiger partial charge in [0, 0.05) is 25.0 Å². The number of aromatic nitrogens is 2. The van der Waals surface area contributed by atoms with E-state index in [0.717, 1.165) is 37.8 Å². The Morgan fingerprint density at radius 3 is 2.27 bits per heavy atom. The highest BCUT2D eigenvalue weighted by Gasteiger charge is 2.30.